The molecule has 0 aliphatic rings. The molecular weight excluding hydrogens is 272 g/mol. The second-order valence-electron chi connectivity index (χ2n) is 3.67. The monoisotopic (exact) mass is 286 g/mol. The Morgan fingerprint density at radius 3 is 2.89 bits per heavy atom. The van der Waals surface area contributed by atoms with E-state index in [0.29, 0.717) is 17.4 Å². The molecule has 1 heterocycles. The molecule has 0 amide bonds. The first-order valence-corrected chi connectivity index (χ1v) is 8.14. The van der Waals surface area contributed by atoms with Gasteiger partial charge in [-0.2, -0.15) is 0 Å². The van der Waals surface area contributed by atoms with E-state index in [0.717, 1.165) is 11.1 Å². The van der Waals surface area contributed by atoms with Gasteiger partial charge in [0.25, 0.3) is 5.22 Å². The summed E-state index contributed by atoms with van der Waals surface area (Å²) in [5.41, 5.74) is 1.57. The molecule has 0 radical (unpaired) electrons. The van der Waals surface area contributed by atoms with Crippen molar-refractivity contribution in [2.24, 2.45) is 0 Å². The van der Waals surface area contributed by atoms with E-state index in [1.807, 2.05) is 24.3 Å². The number of oxazole rings is 1. The molecule has 98 valence electrons. The van der Waals surface area contributed by atoms with Crippen LogP contribution in [0.15, 0.2) is 33.9 Å². The Labute approximate surface area is 110 Å². The van der Waals surface area contributed by atoms with Crippen molar-refractivity contribution in [1.29, 1.82) is 0 Å². The van der Waals surface area contributed by atoms with Crippen molar-refractivity contribution in [3.05, 3.63) is 24.3 Å². The maximum atomic E-state index is 11.2. The second kappa shape index (κ2) is 5.73. The Balaban J connectivity index is 1.87. The number of benzene rings is 1. The summed E-state index contributed by atoms with van der Waals surface area (Å²) in [6.45, 7) is 0. The molecule has 0 saturated carbocycles. The maximum Gasteiger partial charge on any atom is 0.256 e. The molecule has 2 rings (SSSR count). The molecule has 0 spiro atoms. The number of nitrogens with one attached hydrogen (secondary N) is 1. The third-order valence-electron chi connectivity index (χ3n) is 2.37. The van der Waals surface area contributed by atoms with Crippen LogP contribution in [0.25, 0.3) is 11.1 Å². The molecule has 0 aliphatic heterocycles. The summed E-state index contributed by atoms with van der Waals surface area (Å²) >= 11 is 1.43. The van der Waals surface area contributed by atoms with Crippen molar-refractivity contribution in [3.63, 3.8) is 0 Å². The fraction of sp³-hybridized carbons (Fsp3) is 0.364. The van der Waals surface area contributed by atoms with E-state index in [9.17, 15) is 8.42 Å². The smallest absolute Gasteiger partial charge is 0.256 e. The predicted molar refractivity (Wildman–Crippen MR) is 72.2 cm³/mol. The van der Waals surface area contributed by atoms with Crippen LogP contribution in [0.2, 0.25) is 0 Å². The number of thioether (sulfide) groups is 1. The molecule has 0 bridgehead atoms. The molecular formula is C11H14N2O3S2. The molecule has 1 aromatic carbocycles. The van der Waals surface area contributed by atoms with E-state index in [1.165, 1.54) is 18.8 Å². The quantitative estimate of drug-likeness (QED) is 0.648. The second-order valence-corrected chi connectivity index (χ2v) is 6.76. The van der Waals surface area contributed by atoms with E-state index < -0.39 is 10.0 Å². The number of fused-ring (bicyclic) bond motifs is 1. The van der Waals surface area contributed by atoms with E-state index in [-0.39, 0.29) is 5.75 Å². The van der Waals surface area contributed by atoms with Gasteiger partial charge in [-0.1, -0.05) is 23.9 Å². The Bertz CT molecular complexity index is 589. The standard InChI is InChI=1S/C11H14N2O3S2/c1-12-18(14,15)8-4-7-17-11-13-9-5-2-3-6-10(9)16-11/h2-3,5-6,12H,4,7-8H2,1H3. The number of aromatic nitrogens is 1. The largest absolute Gasteiger partial charge is 0.431 e. The zero-order valence-corrected chi connectivity index (χ0v) is 11.6. The van der Waals surface area contributed by atoms with E-state index in [2.05, 4.69) is 9.71 Å². The normalized spacial score (nSPS) is 12.1. The highest BCUT2D eigenvalue weighted by atomic mass is 32.2. The van der Waals surface area contributed by atoms with Gasteiger partial charge in [0.1, 0.15) is 5.52 Å². The minimum Gasteiger partial charge on any atom is -0.431 e. The lowest BCUT2D eigenvalue weighted by atomic mass is 10.3. The average molecular weight is 286 g/mol. The van der Waals surface area contributed by atoms with Crippen LogP contribution >= 0.6 is 11.8 Å². The van der Waals surface area contributed by atoms with E-state index >= 15 is 0 Å². The Morgan fingerprint density at radius 1 is 1.39 bits per heavy atom. The zero-order valence-electron chi connectivity index (χ0n) is 9.92. The Kier molecular flexibility index (Phi) is 4.26. The van der Waals surface area contributed by atoms with Crippen molar-refractivity contribution in [1.82, 2.24) is 9.71 Å². The van der Waals surface area contributed by atoms with Crippen LogP contribution in [0.1, 0.15) is 6.42 Å². The van der Waals surface area contributed by atoms with Gasteiger partial charge in [0.05, 0.1) is 5.75 Å². The summed E-state index contributed by atoms with van der Waals surface area (Å²) in [6, 6.07) is 7.53. The number of nitrogens with zero attached hydrogens (tertiary/aromatic N) is 1. The molecule has 2 aromatic rings. The number of sulfonamides is 1. The molecule has 1 N–H and O–H groups in total. The van der Waals surface area contributed by atoms with Gasteiger partial charge in [-0.25, -0.2) is 18.1 Å². The van der Waals surface area contributed by atoms with Crippen LogP contribution in [0, 0.1) is 0 Å². The van der Waals surface area contributed by atoms with Crippen molar-refractivity contribution < 1.29 is 12.8 Å². The van der Waals surface area contributed by atoms with E-state index in [1.54, 1.807) is 0 Å². The number of hydrogen-bond acceptors (Lipinski definition) is 5. The van der Waals surface area contributed by atoms with Gasteiger partial charge in [-0.05, 0) is 25.6 Å². The number of hydrogen-bond donors (Lipinski definition) is 1. The van der Waals surface area contributed by atoms with Crippen LogP contribution in [0.4, 0.5) is 0 Å². The molecule has 5 nitrogen and oxygen atoms in total. The predicted octanol–water partition coefficient (Wildman–Crippen LogP) is 1.86. The van der Waals surface area contributed by atoms with Gasteiger partial charge in [0.2, 0.25) is 10.0 Å². The highest BCUT2D eigenvalue weighted by Gasteiger charge is 2.08. The Hall–Kier alpha value is -1.05. The first kappa shape index (κ1) is 13.4. The summed E-state index contributed by atoms with van der Waals surface area (Å²) in [4.78, 5) is 4.30. The minimum absolute atomic E-state index is 0.122. The molecule has 0 saturated heterocycles. The van der Waals surface area contributed by atoms with Crippen molar-refractivity contribution in [2.75, 3.05) is 18.6 Å². The van der Waals surface area contributed by atoms with Gasteiger partial charge in [0, 0.05) is 5.75 Å². The van der Waals surface area contributed by atoms with Gasteiger partial charge < -0.3 is 4.42 Å². The summed E-state index contributed by atoms with van der Waals surface area (Å²) in [5.74, 6) is 0.782. The average Bonchev–Trinajstić information content (AvgIpc) is 2.77. The van der Waals surface area contributed by atoms with Gasteiger partial charge in [-0.3, -0.25) is 0 Å². The van der Waals surface area contributed by atoms with Gasteiger partial charge >= 0.3 is 0 Å². The first-order valence-electron chi connectivity index (χ1n) is 5.50. The topological polar surface area (TPSA) is 72.2 Å². The van der Waals surface area contributed by atoms with E-state index in [4.69, 9.17) is 4.42 Å². The maximum absolute atomic E-state index is 11.2. The number of rotatable bonds is 6. The van der Waals surface area contributed by atoms with Crippen LogP contribution in [0.5, 0.6) is 0 Å². The summed E-state index contributed by atoms with van der Waals surface area (Å²) < 4.78 is 30.2. The fourth-order valence-electron chi connectivity index (χ4n) is 1.42. The van der Waals surface area contributed by atoms with Crippen molar-refractivity contribution in [2.45, 2.75) is 11.6 Å². The van der Waals surface area contributed by atoms with Crippen molar-refractivity contribution in [3.8, 4) is 0 Å². The van der Waals surface area contributed by atoms with Crippen LogP contribution < -0.4 is 4.72 Å². The highest BCUT2D eigenvalue weighted by Crippen LogP contribution is 2.23. The molecule has 0 aliphatic carbocycles. The molecule has 18 heavy (non-hydrogen) atoms. The summed E-state index contributed by atoms with van der Waals surface area (Å²) in [5, 5.41) is 0.582. The lowest BCUT2D eigenvalue weighted by molar-refractivity contribution is 0.489. The van der Waals surface area contributed by atoms with Crippen LogP contribution in [-0.4, -0.2) is 32.0 Å². The molecule has 7 heteroatoms. The molecule has 0 unspecified atom stereocenters. The molecule has 0 fully saturated rings. The summed E-state index contributed by atoms with van der Waals surface area (Å²) in [6.07, 6.45) is 0.562. The third kappa shape index (κ3) is 3.47. The van der Waals surface area contributed by atoms with Gasteiger partial charge in [0.15, 0.2) is 5.58 Å². The lowest BCUT2D eigenvalue weighted by Gasteiger charge is -2.00. The lowest BCUT2D eigenvalue weighted by Crippen LogP contribution is -2.22. The molecule has 0 atom stereocenters. The zero-order chi connectivity index (χ0) is 13.0. The fourth-order valence-corrected chi connectivity index (χ4v) is 3.11. The van der Waals surface area contributed by atoms with Crippen LogP contribution in [0.3, 0.4) is 0 Å². The number of para-hydroxylation sites is 2. The van der Waals surface area contributed by atoms with Crippen LogP contribution in [-0.2, 0) is 10.0 Å². The highest BCUT2D eigenvalue weighted by molar-refractivity contribution is 7.99. The Morgan fingerprint density at radius 2 is 2.17 bits per heavy atom. The third-order valence-corrected chi connectivity index (χ3v) is 4.73. The minimum atomic E-state index is -3.11. The summed E-state index contributed by atoms with van der Waals surface area (Å²) in [7, 11) is -1.69. The first-order chi connectivity index (χ1) is 8.61. The van der Waals surface area contributed by atoms with Crippen molar-refractivity contribution >= 4 is 32.9 Å². The molecule has 1 aromatic heterocycles. The van der Waals surface area contributed by atoms with Gasteiger partial charge in [-0.15, -0.1) is 0 Å². The SMILES string of the molecule is CNS(=O)(=O)CCCSc1nc2ccccc2o1.